The van der Waals surface area contributed by atoms with E-state index in [4.69, 9.17) is 10.2 Å². The van der Waals surface area contributed by atoms with Crippen LogP contribution in [0.3, 0.4) is 0 Å². The second kappa shape index (κ2) is 2.85. The van der Waals surface area contributed by atoms with Crippen molar-refractivity contribution in [2.24, 2.45) is 0 Å². The predicted octanol–water partition coefficient (Wildman–Crippen LogP) is 1.61. The Kier molecular flexibility index (Phi) is 2.04. The fourth-order valence-corrected chi connectivity index (χ4v) is 1.06. The van der Waals surface area contributed by atoms with Gasteiger partial charge in [-0.3, -0.25) is 4.79 Å². The predicted molar refractivity (Wildman–Crippen MR) is 44.5 cm³/mol. The molecule has 1 aromatic rings. The number of hydrogen-bond donors (Lipinski definition) is 2. The van der Waals surface area contributed by atoms with E-state index in [1.165, 1.54) is 19.1 Å². The van der Waals surface area contributed by atoms with Gasteiger partial charge in [0.2, 0.25) is 0 Å². The summed E-state index contributed by atoms with van der Waals surface area (Å²) >= 11 is 0. The number of phenols is 2. The van der Waals surface area contributed by atoms with Gasteiger partial charge in [0.25, 0.3) is 0 Å². The third-order valence-electron chi connectivity index (χ3n) is 1.70. The summed E-state index contributed by atoms with van der Waals surface area (Å²) in [7, 11) is 0. The first kappa shape index (κ1) is 8.59. The molecule has 0 aromatic heterocycles. The summed E-state index contributed by atoms with van der Waals surface area (Å²) in [4.78, 5) is 10.9. The number of benzene rings is 1. The summed E-state index contributed by atoms with van der Waals surface area (Å²) in [5.41, 5.74) is 1.10. The quantitative estimate of drug-likeness (QED) is 0.492. The van der Waals surface area contributed by atoms with Gasteiger partial charge in [0.05, 0.1) is 0 Å². The zero-order chi connectivity index (χ0) is 9.30. The highest BCUT2D eigenvalue weighted by Gasteiger charge is 2.08. The molecule has 1 rings (SSSR count). The van der Waals surface area contributed by atoms with E-state index in [1.807, 2.05) is 0 Å². The van der Waals surface area contributed by atoms with Crippen molar-refractivity contribution in [3.05, 3.63) is 23.3 Å². The molecule has 1 aromatic carbocycles. The van der Waals surface area contributed by atoms with Crippen molar-refractivity contribution < 1.29 is 15.0 Å². The molecule has 0 aliphatic carbocycles. The molecule has 0 radical (unpaired) electrons. The highest BCUT2D eigenvalue weighted by Crippen LogP contribution is 2.27. The third-order valence-corrected chi connectivity index (χ3v) is 1.70. The maximum absolute atomic E-state index is 10.9. The molecule has 0 spiro atoms. The lowest BCUT2D eigenvalue weighted by Crippen LogP contribution is -1.95. The van der Waals surface area contributed by atoms with Gasteiger partial charge in [-0.15, -0.1) is 0 Å². The number of Topliss-reactive ketones (excluding diaryl/α,β-unsaturated/α-hetero) is 1. The second-order valence-corrected chi connectivity index (χ2v) is 2.71. The maximum atomic E-state index is 10.9. The van der Waals surface area contributed by atoms with Gasteiger partial charge in [-0.25, -0.2) is 0 Å². The molecule has 3 heteroatoms. The van der Waals surface area contributed by atoms with Crippen LogP contribution in [0.2, 0.25) is 0 Å². The lowest BCUT2D eigenvalue weighted by Gasteiger charge is -2.03. The van der Waals surface area contributed by atoms with Crippen LogP contribution in [-0.4, -0.2) is 16.0 Å². The Hall–Kier alpha value is -1.51. The van der Waals surface area contributed by atoms with Crippen LogP contribution in [0.1, 0.15) is 22.8 Å². The van der Waals surface area contributed by atoms with Crippen LogP contribution < -0.4 is 0 Å². The van der Waals surface area contributed by atoms with E-state index in [9.17, 15) is 4.79 Å². The minimum atomic E-state index is -0.259. The summed E-state index contributed by atoms with van der Waals surface area (Å²) in [5.74, 6) is -0.578. The number of ketones is 1. The Morgan fingerprint density at radius 3 is 2.25 bits per heavy atom. The number of aromatic hydroxyl groups is 2. The topological polar surface area (TPSA) is 57.5 Å². The Morgan fingerprint density at radius 1 is 1.25 bits per heavy atom. The molecule has 0 atom stereocenters. The minimum absolute atomic E-state index is 0.122. The number of carbonyl (C=O) groups is 1. The Balaban J connectivity index is 3.33. The van der Waals surface area contributed by atoms with Crippen molar-refractivity contribution in [1.29, 1.82) is 0 Å². The van der Waals surface area contributed by atoms with Gasteiger partial charge < -0.3 is 10.2 Å². The Labute approximate surface area is 70.3 Å². The summed E-state index contributed by atoms with van der Waals surface area (Å²) < 4.78 is 0. The molecule has 2 N–H and O–H groups in total. The minimum Gasteiger partial charge on any atom is -0.504 e. The fraction of sp³-hybridized carbons (Fsp3) is 0.222. The number of rotatable bonds is 1. The lowest BCUT2D eigenvalue weighted by molar-refractivity contribution is 0.101. The van der Waals surface area contributed by atoms with Crippen molar-refractivity contribution in [2.45, 2.75) is 13.8 Å². The van der Waals surface area contributed by atoms with Crippen LogP contribution in [0.4, 0.5) is 0 Å². The number of hydrogen-bond acceptors (Lipinski definition) is 3. The molecule has 0 saturated heterocycles. The van der Waals surface area contributed by atoms with E-state index < -0.39 is 0 Å². The molecule has 64 valence electrons. The molecule has 0 unspecified atom stereocenters. The highest BCUT2D eigenvalue weighted by molar-refractivity contribution is 5.96. The van der Waals surface area contributed by atoms with Crippen molar-refractivity contribution in [3.63, 3.8) is 0 Å². The average Bonchev–Trinajstić information content (AvgIpc) is 1.96. The zero-order valence-electron chi connectivity index (χ0n) is 6.96. The number of phenolic OH excluding ortho intramolecular Hbond substituents is 2. The Bertz CT molecular complexity index is 329. The van der Waals surface area contributed by atoms with E-state index in [0.717, 1.165) is 0 Å². The van der Waals surface area contributed by atoms with Gasteiger partial charge in [-0.05, 0) is 31.5 Å². The molecular weight excluding hydrogens is 156 g/mol. The van der Waals surface area contributed by atoms with E-state index in [2.05, 4.69) is 0 Å². The van der Waals surface area contributed by atoms with Crippen molar-refractivity contribution >= 4 is 5.78 Å². The highest BCUT2D eigenvalue weighted by atomic mass is 16.3. The summed E-state index contributed by atoms with van der Waals surface area (Å²) in [5, 5.41) is 18.1. The van der Waals surface area contributed by atoms with Crippen LogP contribution >= 0.6 is 0 Å². The van der Waals surface area contributed by atoms with E-state index in [1.54, 1.807) is 6.92 Å². The average molecular weight is 166 g/mol. The molecule has 0 bridgehead atoms. The van der Waals surface area contributed by atoms with Gasteiger partial charge in [-0.1, -0.05) is 0 Å². The van der Waals surface area contributed by atoms with Gasteiger partial charge in [0.15, 0.2) is 17.3 Å². The summed E-state index contributed by atoms with van der Waals surface area (Å²) in [6, 6.07) is 2.64. The lowest BCUT2D eigenvalue weighted by atomic mass is 10.0. The maximum Gasteiger partial charge on any atom is 0.160 e. The van der Waals surface area contributed by atoms with E-state index in [0.29, 0.717) is 11.1 Å². The molecule has 3 nitrogen and oxygen atoms in total. The van der Waals surface area contributed by atoms with Crippen molar-refractivity contribution in [3.8, 4) is 11.5 Å². The summed E-state index contributed by atoms with van der Waals surface area (Å²) in [6.07, 6.45) is 0. The molecular formula is C9H10O3. The molecule has 0 aliphatic rings. The first-order chi connectivity index (χ1) is 5.52. The molecule has 0 heterocycles. The van der Waals surface area contributed by atoms with Gasteiger partial charge in [0, 0.05) is 5.56 Å². The summed E-state index contributed by atoms with van der Waals surface area (Å²) in [6.45, 7) is 3.12. The first-order valence-corrected chi connectivity index (χ1v) is 3.56. The first-order valence-electron chi connectivity index (χ1n) is 3.56. The van der Waals surface area contributed by atoms with Crippen LogP contribution in [0.25, 0.3) is 0 Å². The van der Waals surface area contributed by atoms with E-state index in [-0.39, 0.29) is 17.3 Å². The second-order valence-electron chi connectivity index (χ2n) is 2.71. The Morgan fingerprint density at radius 2 is 1.75 bits per heavy atom. The smallest absolute Gasteiger partial charge is 0.160 e. The van der Waals surface area contributed by atoms with E-state index >= 15 is 0 Å². The largest absolute Gasteiger partial charge is 0.504 e. The van der Waals surface area contributed by atoms with Crippen LogP contribution in [0.15, 0.2) is 12.1 Å². The molecule has 0 aliphatic heterocycles. The third kappa shape index (κ3) is 1.39. The molecule has 0 saturated carbocycles. The fourth-order valence-electron chi connectivity index (χ4n) is 1.06. The number of carbonyl (C=O) groups excluding carboxylic acids is 1. The van der Waals surface area contributed by atoms with Crippen LogP contribution in [0.5, 0.6) is 11.5 Å². The molecule has 0 fully saturated rings. The monoisotopic (exact) mass is 166 g/mol. The van der Waals surface area contributed by atoms with Gasteiger partial charge in [0.1, 0.15) is 0 Å². The van der Waals surface area contributed by atoms with Gasteiger partial charge >= 0.3 is 0 Å². The standard InChI is InChI=1S/C9H10O3/c1-5-3-8(11)9(12)4-7(5)6(2)10/h3-4,11-12H,1-2H3. The molecule has 0 amide bonds. The van der Waals surface area contributed by atoms with Crippen molar-refractivity contribution in [1.82, 2.24) is 0 Å². The molecule has 12 heavy (non-hydrogen) atoms. The normalized spacial score (nSPS) is 9.83. The van der Waals surface area contributed by atoms with Gasteiger partial charge in [-0.2, -0.15) is 0 Å². The number of aryl methyl sites for hydroxylation is 1. The SMILES string of the molecule is CC(=O)c1cc(O)c(O)cc1C. The van der Waals surface area contributed by atoms with Crippen molar-refractivity contribution in [2.75, 3.05) is 0 Å². The van der Waals surface area contributed by atoms with Crippen LogP contribution in [-0.2, 0) is 0 Å². The zero-order valence-corrected chi connectivity index (χ0v) is 6.96. The van der Waals surface area contributed by atoms with Crippen LogP contribution in [0, 0.1) is 6.92 Å².